The van der Waals surface area contributed by atoms with Gasteiger partial charge in [0, 0.05) is 6.42 Å². The number of carbonyl (C=O) groups is 1. The van der Waals surface area contributed by atoms with Crippen molar-refractivity contribution in [2.45, 2.75) is 31.9 Å². The first-order chi connectivity index (χ1) is 12.4. The molecule has 1 aromatic carbocycles. The summed E-state index contributed by atoms with van der Waals surface area (Å²) in [6, 6.07) is 9.33. The second kappa shape index (κ2) is 6.48. The number of hydrogen-bond acceptors (Lipinski definition) is 6. The van der Waals surface area contributed by atoms with Crippen molar-refractivity contribution in [3.8, 4) is 11.5 Å². The second-order valence-electron chi connectivity index (χ2n) is 6.62. The first kappa shape index (κ1) is 17.2. The summed E-state index contributed by atoms with van der Waals surface area (Å²) in [5.74, 6) is 1.18. The SMILES string of the molecule is CC(C)(NC(=O)[C@@H]1CC(c2ccc(Cl)s2)=NO1)c1ccc2c(c1)OCO2. The molecule has 0 fully saturated rings. The van der Waals surface area contributed by atoms with E-state index in [1.165, 1.54) is 11.3 Å². The van der Waals surface area contributed by atoms with Gasteiger partial charge in [0.05, 0.1) is 14.8 Å². The smallest absolute Gasteiger partial charge is 0.265 e. The Bertz CT molecular complexity index is 893. The molecule has 4 rings (SSSR count). The number of amides is 1. The third-order valence-corrected chi connectivity index (χ3v) is 5.63. The number of nitrogens with zero attached hydrogens (tertiary/aromatic N) is 1. The molecule has 0 saturated carbocycles. The number of nitrogens with one attached hydrogen (secondary N) is 1. The van der Waals surface area contributed by atoms with Crippen molar-refractivity contribution in [2.24, 2.45) is 5.16 Å². The standard InChI is InChI=1S/C18H17ClN2O4S/c1-18(2,10-3-4-12-13(7-10)24-9-23-12)20-17(22)14-8-11(21-25-14)15-5-6-16(19)26-15/h3-7,14H,8-9H2,1-2H3,(H,20,22)/t14-/m0/s1. The van der Waals surface area contributed by atoms with Gasteiger partial charge in [0.2, 0.25) is 12.9 Å². The summed E-state index contributed by atoms with van der Waals surface area (Å²) in [5, 5.41) is 7.07. The van der Waals surface area contributed by atoms with E-state index >= 15 is 0 Å². The third-order valence-electron chi connectivity index (χ3n) is 4.35. The van der Waals surface area contributed by atoms with Gasteiger partial charge in [-0.2, -0.15) is 0 Å². The minimum atomic E-state index is -0.654. The van der Waals surface area contributed by atoms with E-state index in [1.54, 1.807) is 6.07 Å². The topological polar surface area (TPSA) is 69.2 Å². The van der Waals surface area contributed by atoms with E-state index in [-0.39, 0.29) is 12.7 Å². The van der Waals surface area contributed by atoms with Crippen LogP contribution in [0.5, 0.6) is 11.5 Å². The first-order valence-corrected chi connectivity index (χ1v) is 9.32. The van der Waals surface area contributed by atoms with Crippen molar-refractivity contribution >= 4 is 34.6 Å². The van der Waals surface area contributed by atoms with Gasteiger partial charge < -0.3 is 19.6 Å². The summed E-state index contributed by atoms with van der Waals surface area (Å²) in [7, 11) is 0. The van der Waals surface area contributed by atoms with E-state index in [0.717, 1.165) is 16.2 Å². The molecule has 2 aliphatic heterocycles. The summed E-state index contributed by atoms with van der Waals surface area (Å²) in [6.45, 7) is 4.07. The largest absolute Gasteiger partial charge is 0.454 e. The molecule has 3 heterocycles. The van der Waals surface area contributed by atoms with Gasteiger partial charge >= 0.3 is 0 Å². The van der Waals surface area contributed by atoms with Gasteiger partial charge in [-0.15, -0.1) is 11.3 Å². The summed E-state index contributed by atoms with van der Waals surface area (Å²) in [5.41, 5.74) is 1.05. The minimum Gasteiger partial charge on any atom is -0.454 e. The molecule has 2 aromatic rings. The number of halogens is 1. The normalized spacial score (nSPS) is 18.4. The van der Waals surface area contributed by atoms with Crippen LogP contribution < -0.4 is 14.8 Å². The number of hydrogen-bond donors (Lipinski definition) is 1. The van der Waals surface area contributed by atoms with Crippen LogP contribution in [0, 0.1) is 0 Å². The molecule has 1 N–H and O–H groups in total. The van der Waals surface area contributed by atoms with Crippen molar-refractivity contribution in [3.05, 3.63) is 45.1 Å². The number of oxime groups is 1. The molecule has 1 atom stereocenters. The fourth-order valence-electron chi connectivity index (χ4n) is 2.88. The average molecular weight is 393 g/mol. The Morgan fingerprint density at radius 3 is 2.85 bits per heavy atom. The van der Waals surface area contributed by atoms with E-state index in [2.05, 4.69) is 10.5 Å². The molecule has 0 aliphatic carbocycles. The van der Waals surface area contributed by atoms with E-state index in [1.807, 2.05) is 38.1 Å². The van der Waals surface area contributed by atoms with Gasteiger partial charge in [-0.1, -0.05) is 22.8 Å². The van der Waals surface area contributed by atoms with E-state index in [0.29, 0.717) is 22.3 Å². The molecule has 0 radical (unpaired) electrons. The third kappa shape index (κ3) is 3.24. The first-order valence-electron chi connectivity index (χ1n) is 8.13. The Morgan fingerprint density at radius 2 is 2.08 bits per heavy atom. The van der Waals surface area contributed by atoms with E-state index < -0.39 is 11.6 Å². The molecule has 0 saturated heterocycles. The van der Waals surface area contributed by atoms with Crippen molar-refractivity contribution in [1.82, 2.24) is 5.32 Å². The van der Waals surface area contributed by atoms with Crippen molar-refractivity contribution < 1.29 is 19.1 Å². The Labute approximate surface area is 159 Å². The fourth-order valence-corrected chi connectivity index (χ4v) is 3.91. The predicted molar refractivity (Wildman–Crippen MR) is 99.1 cm³/mol. The lowest BCUT2D eigenvalue weighted by Gasteiger charge is -2.28. The van der Waals surface area contributed by atoms with Gasteiger partial charge in [0.15, 0.2) is 11.5 Å². The quantitative estimate of drug-likeness (QED) is 0.861. The Balaban J connectivity index is 1.43. The minimum absolute atomic E-state index is 0.214. The molecule has 1 aromatic heterocycles. The van der Waals surface area contributed by atoms with Gasteiger partial charge in [-0.3, -0.25) is 4.79 Å². The highest BCUT2D eigenvalue weighted by molar-refractivity contribution is 7.18. The molecule has 136 valence electrons. The van der Waals surface area contributed by atoms with Crippen LogP contribution in [0.15, 0.2) is 35.5 Å². The number of fused-ring (bicyclic) bond motifs is 1. The maximum atomic E-state index is 12.7. The number of ether oxygens (including phenoxy) is 2. The van der Waals surface area contributed by atoms with Gasteiger partial charge in [0.25, 0.3) is 5.91 Å². The monoisotopic (exact) mass is 392 g/mol. The Kier molecular flexibility index (Phi) is 4.28. The lowest BCUT2D eigenvalue weighted by Crippen LogP contribution is -2.46. The summed E-state index contributed by atoms with van der Waals surface area (Å²) < 4.78 is 11.4. The lowest BCUT2D eigenvalue weighted by molar-refractivity contribution is -0.133. The van der Waals surface area contributed by atoms with Gasteiger partial charge in [-0.25, -0.2) is 0 Å². The zero-order chi connectivity index (χ0) is 18.3. The van der Waals surface area contributed by atoms with E-state index in [4.69, 9.17) is 25.9 Å². The molecule has 2 aliphatic rings. The molecule has 0 spiro atoms. The zero-order valence-corrected chi connectivity index (χ0v) is 15.8. The van der Waals surface area contributed by atoms with Crippen LogP contribution in [0.25, 0.3) is 0 Å². The van der Waals surface area contributed by atoms with Crippen LogP contribution in [-0.2, 0) is 15.2 Å². The van der Waals surface area contributed by atoms with Gasteiger partial charge in [0.1, 0.15) is 5.71 Å². The molecule has 0 unspecified atom stereocenters. The highest BCUT2D eigenvalue weighted by Gasteiger charge is 2.34. The number of rotatable bonds is 4. The van der Waals surface area contributed by atoms with Crippen LogP contribution in [0.3, 0.4) is 0 Å². The molecule has 8 heteroatoms. The van der Waals surface area contributed by atoms with Crippen molar-refractivity contribution in [1.29, 1.82) is 0 Å². The molecular formula is C18H17ClN2O4S. The van der Waals surface area contributed by atoms with Crippen LogP contribution in [0.1, 0.15) is 30.7 Å². The van der Waals surface area contributed by atoms with E-state index in [9.17, 15) is 4.79 Å². The highest BCUT2D eigenvalue weighted by Crippen LogP contribution is 2.36. The van der Waals surface area contributed by atoms with Crippen LogP contribution in [-0.4, -0.2) is 24.5 Å². The van der Waals surface area contributed by atoms with Crippen LogP contribution in [0.2, 0.25) is 4.34 Å². The Morgan fingerprint density at radius 1 is 1.27 bits per heavy atom. The number of thiophene rings is 1. The maximum absolute atomic E-state index is 12.7. The summed E-state index contributed by atoms with van der Waals surface area (Å²) in [4.78, 5) is 18.9. The molecule has 6 nitrogen and oxygen atoms in total. The molecule has 26 heavy (non-hydrogen) atoms. The lowest BCUT2D eigenvalue weighted by atomic mass is 9.93. The summed E-state index contributed by atoms with van der Waals surface area (Å²) >= 11 is 7.37. The van der Waals surface area contributed by atoms with Crippen molar-refractivity contribution in [3.63, 3.8) is 0 Å². The number of carbonyl (C=O) groups excluding carboxylic acids is 1. The number of benzene rings is 1. The Hall–Kier alpha value is -2.25. The highest BCUT2D eigenvalue weighted by atomic mass is 35.5. The molecule has 0 bridgehead atoms. The van der Waals surface area contributed by atoms with Crippen LogP contribution in [0.4, 0.5) is 0 Å². The fraction of sp³-hybridized carbons (Fsp3) is 0.333. The zero-order valence-electron chi connectivity index (χ0n) is 14.2. The second-order valence-corrected chi connectivity index (χ2v) is 8.34. The maximum Gasteiger partial charge on any atom is 0.265 e. The van der Waals surface area contributed by atoms with Crippen molar-refractivity contribution in [2.75, 3.05) is 6.79 Å². The predicted octanol–water partition coefficient (Wildman–Crippen LogP) is 3.67. The summed E-state index contributed by atoms with van der Waals surface area (Å²) in [6.07, 6.45) is -0.237. The molecule has 1 amide bonds. The molecular weight excluding hydrogens is 376 g/mol. The van der Waals surface area contributed by atoms with Crippen LogP contribution >= 0.6 is 22.9 Å². The van der Waals surface area contributed by atoms with Gasteiger partial charge in [-0.05, 0) is 43.7 Å². The average Bonchev–Trinajstić information content (AvgIpc) is 3.33.